The third-order valence-corrected chi connectivity index (χ3v) is 6.75. The van der Waals surface area contributed by atoms with Gasteiger partial charge in [0.1, 0.15) is 12.4 Å². The molecule has 3 aromatic rings. The lowest BCUT2D eigenvalue weighted by Crippen LogP contribution is -2.21. The van der Waals surface area contributed by atoms with Gasteiger partial charge in [0, 0.05) is 24.3 Å². The van der Waals surface area contributed by atoms with Gasteiger partial charge in [-0.15, -0.1) is 0 Å². The molecule has 0 unspecified atom stereocenters. The highest BCUT2D eigenvalue weighted by Crippen LogP contribution is 2.41. The molecule has 0 spiro atoms. The zero-order chi connectivity index (χ0) is 24.9. The fourth-order valence-corrected chi connectivity index (χ4v) is 4.93. The van der Waals surface area contributed by atoms with Crippen LogP contribution in [0.25, 0.3) is 22.3 Å². The summed E-state index contributed by atoms with van der Waals surface area (Å²) in [6, 6.07) is 17.6. The predicted molar refractivity (Wildman–Crippen MR) is 142 cm³/mol. The number of carboxylic acids is 1. The van der Waals surface area contributed by atoms with Gasteiger partial charge in [-0.25, -0.2) is 4.79 Å². The SMILES string of the molecule is CCc1cc(-c2cc(-c3ccc(C(=O)O)cc3)ccc2OCCO)cc(C(C)C)c1N1CCCC1. The van der Waals surface area contributed by atoms with Gasteiger partial charge in [0.15, 0.2) is 0 Å². The fraction of sp³-hybridized carbons (Fsp3) is 0.367. The molecule has 0 atom stereocenters. The van der Waals surface area contributed by atoms with E-state index in [0.717, 1.165) is 47.5 Å². The summed E-state index contributed by atoms with van der Waals surface area (Å²) in [5, 5.41) is 18.6. The summed E-state index contributed by atoms with van der Waals surface area (Å²) < 4.78 is 5.95. The van der Waals surface area contributed by atoms with Crippen molar-refractivity contribution in [1.82, 2.24) is 0 Å². The predicted octanol–water partition coefficient (Wildman–Crippen LogP) is 6.38. The van der Waals surface area contributed by atoms with Gasteiger partial charge in [0.2, 0.25) is 0 Å². The number of aliphatic hydroxyl groups is 1. The van der Waals surface area contributed by atoms with Gasteiger partial charge in [0.25, 0.3) is 0 Å². The average molecular weight is 474 g/mol. The molecule has 5 nitrogen and oxygen atoms in total. The van der Waals surface area contributed by atoms with Crippen molar-refractivity contribution in [2.45, 2.75) is 46.0 Å². The first-order valence-electron chi connectivity index (χ1n) is 12.6. The van der Waals surface area contributed by atoms with E-state index in [9.17, 15) is 15.0 Å². The highest BCUT2D eigenvalue weighted by molar-refractivity contribution is 5.88. The van der Waals surface area contributed by atoms with Crippen LogP contribution < -0.4 is 9.64 Å². The molecule has 2 N–H and O–H groups in total. The molecule has 0 aromatic heterocycles. The second-order valence-corrected chi connectivity index (χ2v) is 9.44. The summed E-state index contributed by atoms with van der Waals surface area (Å²) in [5.74, 6) is 0.177. The van der Waals surface area contributed by atoms with Gasteiger partial charge in [-0.05, 0) is 89.4 Å². The number of aliphatic hydroxyl groups excluding tert-OH is 1. The molecular weight excluding hydrogens is 438 g/mol. The highest BCUT2D eigenvalue weighted by atomic mass is 16.5. The van der Waals surface area contributed by atoms with E-state index in [1.807, 2.05) is 24.3 Å². The standard InChI is InChI=1S/C30H35NO4/c1-4-21-17-25(19-26(20(2)3)29(21)31-13-5-6-14-31)27-18-24(11-12-28(27)35-16-15-32)22-7-9-23(10-8-22)30(33)34/h7-12,17-20,32H,4-6,13-16H2,1-3H3,(H,33,34). The van der Waals surface area contributed by atoms with Crippen molar-refractivity contribution in [3.63, 3.8) is 0 Å². The minimum absolute atomic E-state index is 0.0524. The summed E-state index contributed by atoms with van der Waals surface area (Å²) in [6.07, 6.45) is 3.43. The summed E-state index contributed by atoms with van der Waals surface area (Å²) in [7, 11) is 0. The minimum atomic E-state index is -0.934. The number of ether oxygens (including phenoxy) is 1. The van der Waals surface area contributed by atoms with E-state index in [4.69, 9.17) is 4.74 Å². The fourth-order valence-electron chi connectivity index (χ4n) is 4.93. The van der Waals surface area contributed by atoms with Crippen LogP contribution >= 0.6 is 0 Å². The van der Waals surface area contributed by atoms with E-state index in [0.29, 0.717) is 5.92 Å². The van der Waals surface area contributed by atoms with Gasteiger partial charge in [-0.3, -0.25) is 0 Å². The molecule has 3 aromatic carbocycles. The van der Waals surface area contributed by atoms with Gasteiger partial charge in [-0.1, -0.05) is 39.0 Å². The van der Waals surface area contributed by atoms with Crippen LogP contribution in [0.4, 0.5) is 5.69 Å². The molecular formula is C30H35NO4. The van der Waals surface area contributed by atoms with E-state index in [1.54, 1.807) is 12.1 Å². The molecule has 5 heteroatoms. The van der Waals surface area contributed by atoms with Crippen LogP contribution in [0.3, 0.4) is 0 Å². The first-order chi connectivity index (χ1) is 16.9. The van der Waals surface area contributed by atoms with E-state index in [2.05, 4.69) is 43.9 Å². The zero-order valence-corrected chi connectivity index (χ0v) is 20.9. The van der Waals surface area contributed by atoms with Crippen molar-refractivity contribution in [1.29, 1.82) is 0 Å². The molecule has 4 rings (SSSR count). The lowest BCUT2D eigenvalue weighted by molar-refractivity contribution is 0.0697. The third kappa shape index (κ3) is 5.35. The molecule has 35 heavy (non-hydrogen) atoms. The Labute approximate surface area is 208 Å². The van der Waals surface area contributed by atoms with Crippen molar-refractivity contribution in [3.8, 4) is 28.0 Å². The normalized spacial score (nSPS) is 13.5. The van der Waals surface area contributed by atoms with Crippen molar-refractivity contribution in [2.24, 2.45) is 0 Å². The van der Waals surface area contributed by atoms with Crippen LogP contribution in [-0.4, -0.2) is 42.5 Å². The molecule has 0 aliphatic carbocycles. The van der Waals surface area contributed by atoms with E-state index < -0.39 is 5.97 Å². The lowest BCUT2D eigenvalue weighted by Gasteiger charge is -2.28. The molecule has 1 heterocycles. The summed E-state index contributed by atoms with van der Waals surface area (Å²) in [5.41, 5.74) is 8.36. The summed E-state index contributed by atoms with van der Waals surface area (Å²) >= 11 is 0. The largest absolute Gasteiger partial charge is 0.491 e. The number of benzene rings is 3. The second kappa shape index (κ2) is 11.0. The van der Waals surface area contributed by atoms with Crippen molar-refractivity contribution in [3.05, 3.63) is 71.3 Å². The average Bonchev–Trinajstić information content (AvgIpc) is 3.41. The Bertz CT molecular complexity index is 1180. The Morgan fingerprint density at radius 3 is 2.26 bits per heavy atom. The molecule has 184 valence electrons. The van der Waals surface area contributed by atoms with Crippen molar-refractivity contribution < 1.29 is 19.7 Å². The minimum Gasteiger partial charge on any atom is -0.491 e. The quantitative estimate of drug-likeness (QED) is 0.378. The maximum atomic E-state index is 11.3. The maximum absolute atomic E-state index is 11.3. The molecule has 0 saturated carbocycles. The van der Waals surface area contributed by atoms with E-state index >= 15 is 0 Å². The van der Waals surface area contributed by atoms with E-state index in [1.165, 1.54) is 29.7 Å². The third-order valence-electron chi connectivity index (χ3n) is 6.75. The number of aromatic carboxylic acids is 1. The number of carboxylic acid groups (broad SMARTS) is 1. The molecule has 0 bridgehead atoms. The second-order valence-electron chi connectivity index (χ2n) is 9.44. The topological polar surface area (TPSA) is 70.0 Å². The van der Waals surface area contributed by atoms with Crippen molar-refractivity contribution in [2.75, 3.05) is 31.2 Å². The number of anilines is 1. The Kier molecular flexibility index (Phi) is 7.76. The van der Waals surface area contributed by atoms with Gasteiger partial charge in [-0.2, -0.15) is 0 Å². The van der Waals surface area contributed by atoms with Crippen LogP contribution in [0.15, 0.2) is 54.6 Å². The van der Waals surface area contributed by atoms with Crippen LogP contribution in [0, 0.1) is 0 Å². The molecule has 1 aliphatic rings. The first kappa shape index (κ1) is 24.8. The first-order valence-corrected chi connectivity index (χ1v) is 12.6. The number of hydrogen-bond donors (Lipinski definition) is 2. The van der Waals surface area contributed by atoms with Crippen LogP contribution in [0.2, 0.25) is 0 Å². The molecule has 0 amide bonds. The Morgan fingerprint density at radius 2 is 1.66 bits per heavy atom. The Hall–Kier alpha value is -3.31. The lowest BCUT2D eigenvalue weighted by atomic mass is 9.89. The number of nitrogens with zero attached hydrogens (tertiary/aromatic N) is 1. The molecule has 1 aliphatic heterocycles. The number of rotatable bonds is 9. The summed E-state index contributed by atoms with van der Waals surface area (Å²) in [4.78, 5) is 13.8. The molecule has 1 fully saturated rings. The Balaban J connectivity index is 1.85. The van der Waals surface area contributed by atoms with Crippen LogP contribution in [0.1, 0.15) is 61.0 Å². The number of aryl methyl sites for hydroxylation is 1. The van der Waals surface area contributed by atoms with Gasteiger partial charge < -0.3 is 19.8 Å². The zero-order valence-electron chi connectivity index (χ0n) is 20.9. The maximum Gasteiger partial charge on any atom is 0.335 e. The Morgan fingerprint density at radius 1 is 0.971 bits per heavy atom. The molecule has 0 radical (unpaired) electrons. The summed E-state index contributed by atoms with van der Waals surface area (Å²) in [6.45, 7) is 9.11. The number of hydrogen-bond acceptors (Lipinski definition) is 4. The van der Waals surface area contributed by atoms with Crippen LogP contribution in [0.5, 0.6) is 5.75 Å². The van der Waals surface area contributed by atoms with Crippen LogP contribution in [-0.2, 0) is 6.42 Å². The van der Waals surface area contributed by atoms with E-state index in [-0.39, 0.29) is 18.8 Å². The number of carbonyl (C=O) groups is 1. The van der Waals surface area contributed by atoms with Gasteiger partial charge >= 0.3 is 5.97 Å². The van der Waals surface area contributed by atoms with Gasteiger partial charge in [0.05, 0.1) is 12.2 Å². The smallest absolute Gasteiger partial charge is 0.335 e. The van der Waals surface area contributed by atoms with Crippen molar-refractivity contribution >= 4 is 11.7 Å². The molecule has 1 saturated heterocycles. The highest BCUT2D eigenvalue weighted by Gasteiger charge is 2.22. The monoisotopic (exact) mass is 473 g/mol.